The predicted molar refractivity (Wildman–Crippen MR) is 156 cm³/mol. The van der Waals surface area contributed by atoms with Crippen molar-refractivity contribution in [2.75, 3.05) is 26.9 Å². The monoisotopic (exact) mass is 563 g/mol. The van der Waals surface area contributed by atoms with Crippen LogP contribution in [0.4, 0.5) is 0 Å². The van der Waals surface area contributed by atoms with E-state index in [-0.39, 0.29) is 11.6 Å². The van der Waals surface area contributed by atoms with Gasteiger partial charge in [0.2, 0.25) is 0 Å². The summed E-state index contributed by atoms with van der Waals surface area (Å²) in [5.41, 5.74) is 7.68. The minimum absolute atomic E-state index is 0.0998. The van der Waals surface area contributed by atoms with Crippen LogP contribution in [0.15, 0.2) is 52.9 Å². The Labute approximate surface area is 241 Å². The van der Waals surface area contributed by atoms with E-state index in [2.05, 4.69) is 36.9 Å². The fourth-order valence-electron chi connectivity index (χ4n) is 6.47. The molecule has 0 saturated heterocycles. The van der Waals surface area contributed by atoms with Crippen molar-refractivity contribution in [2.45, 2.75) is 71.8 Å². The Morgan fingerprint density at radius 2 is 1.50 bits per heavy atom. The lowest BCUT2D eigenvalue weighted by atomic mass is 9.71. The van der Waals surface area contributed by atoms with E-state index in [1.807, 2.05) is 19.1 Å². The van der Waals surface area contributed by atoms with Gasteiger partial charge in [0.1, 0.15) is 6.61 Å². The van der Waals surface area contributed by atoms with Gasteiger partial charge >= 0.3 is 0 Å². The molecular formula is C33H38ClNO5. The molecule has 212 valence electrons. The first-order valence-corrected chi connectivity index (χ1v) is 14.6. The van der Waals surface area contributed by atoms with E-state index < -0.39 is 5.92 Å². The number of rotatable bonds is 9. The Balaban J connectivity index is 1.60. The topological polar surface area (TPSA) is 65.1 Å². The Morgan fingerprint density at radius 3 is 2.08 bits per heavy atom. The van der Waals surface area contributed by atoms with Crippen LogP contribution in [0.5, 0.6) is 11.5 Å². The van der Waals surface area contributed by atoms with Gasteiger partial charge in [-0.25, -0.2) is 0 Å². The molecule has 3 aliphatic rings. The summed E-state index contributed by atoms with van der Waals surface area (Å²) in [6.07, 6.45) is 4.17. The molecule has 0 N–H and O–H groups in total. The van der Waals surface area contributed by atoms with Crippen LogP contribution >= 0.6 is 11.6 Å². The van der Waals surface area contributed by atoms with Crippen molar-refractivity contribution in [3.8, 4) is 11.5 Å². The molecule has 0 bridgehead atoms. The highest BCUT2D eigenvalue weighted by Crippen LogP contribution is 2.51. The third-order valence-electron chi connectivity index (χ3n) is 7.94. The average Bonchev–Trinajstić information content (AvgIpc) is 2.91. The highest BCUT2D eigenvalue weighted by molar-refractivity contribution is 6.32. The molecule has 0 atom stereocenters. The van der Waals surface area contributed by atoms with Crippen LogP contribution in [-0.4, -0.2) is 43.3 Å². The maximum absolute atomic E-state index is 13.6. The molecule has 2 aromatic rings. The van der Waals surface area contributed by atoms with Crippen LogP contribution in [0.2, 0.25) is 5.02 Å². The fraction of sp³-hybridized carbons (Fsp3) is 0.455. The number of Topliss-reactive ketones (excluding diaryl/α,β-unsaturated/α-hetero) is 2. The highest BCUT2D eigenvalue weighted by atomic mass is 35.5. The third kappa shape index (κ3) is 5.57. The number of nitrogens with zero attached hydrogens (tertiary/aromatic N) is 1. The number of carbonyl (C=O) groups is 2. The Morgan fingerprint density at radius 1 is 0.875 bits per heavy atom. The highest BCUT2D eigenvalue weighted by Gasteiger charge is 2.43. The van der Waals surface area contributed by atoms with E-state index in [4.69, 9.17) is 25.8 Å². The molecule has 1 aliphatic heterocycles. The van der Waals surface area contributed by atoms with E-state index in [1.165, 1.54) is 11.1 Å². The standard InChI is InChI=1S/C33H38ClNO5/c1-5-39-29-18-23(17-24(34)33(29)40-19-22-15-20(2)14-21(3)16-22)30-31-25(8-6-10-27(31)36)35(12-13-38-4)26-9-7-11-28(37)32(26)30/h14-18,30H,5-13,19H2,1-4H3. The van der Waals surface area contributed by atoms with Crippen molar-refractivity contribution < 1.29 is 23.8 Å². The Hall–Kier alpha value is -3.09. The van der Waals surface area contributed by atoms with Crippen LogP contribution in [0, 0.1) is 13.8 Å². The largest absolute Gasteiger partial charge is 0.490 e. The molecule has 2 aromatic carbocycles. The quantitative estimate of drug-likeness (QED) is 0.327. The number of allylic oxidation sites excluding steroid dienone is 4. The summed E-state index contributed by atoms with van der Waals surface area (Å²) < 4.78 is 17.7. The molecule has 0 aromatic heterocycles. The van der Waals surface area contributed by atoms with Gasteiger partial charge in [0.05, 0.1) is 18.2 Å². The summed E-state index contributed by atoms with van der Waals surface area (Å²) in [7, 11) is 1.68. The second-order valence-electron chi connectivity index (χ2n) is 10.9. The number of ketones is 2. The first kappa shape index (κ1) is 28.4. The summed E-state index contributed by atoms with van der Waals surface area (Å²) in [6.45, 7) is 7.96. The number of hydrogen-bond donors (Lipinski definition) is 0. The van der Waals surface area contributed by atoms with Crippen molar-refractivity contribution in [1.82, 2.24) is 4.90 Å². The Bertz CT molecular complexity index is 1330. The lowest BCUT2D eigenvalue weighted by Crippen LogP contribution is -2.40. The van der Waals surface area contributed by atoms with Gasteiger partial charge in [-0.1, -0.05) is 40.9 Å². The van der Waals surface area contributed by atoms with Crippen molar-refractivity contribution in [2.24, 2.45) is 0 Å². The molecule has 0 saturated carbocycles. The van der Waals surface area contributed by atoms with Gasteiger partial charge in [-0.15, -0.1) is 0 Å². The second-order valence-corrected chi connectivity index (χ2v) is 11.3. The third-order valence-corrected chi connectivity index (χ3v) is 8.22. The number of benzene rings is 2. The molecule has 0 amide bonds. The normalized spacial score (nSPS) is 17.8. The van der Waals surface area contributed by atoms with Crippen molar-refractivity contribution in [3.63, 3.8) is 0 Å². The summed E-state index contributed by atoms with van der Waals surface area (Å²) >= 11 is 6.90. The maximum atomic E-state index is 13.6. The molecule has 0 unspecified atom stereocenters. The average molecular weight is 564 g/mol. The fourth-order valence-corrected chi connectivity index (χ4v) is 6.74. The van der Waals surface area contributed by atoms with Gasteiger partial charge in [-0.2, -0.15) is 0 Å². The van der Waals surface area contributed by atoms with E-state index in [1.54, 1.807) is 7.11 Å². The maximum Gasteiger partial charge on any atom is 0.180 e. The van der Waals surface area contributed by atoms with E-state index in [0.717, 1.165) is 59.4 Å². The van der Waals surface area contributed by atoms with Gasteiger partial charge in [-0.3, -0.25) is 9.59 Å². The van der Waals surface area contributed by atoms with Gasteiger partial charge in [0.15, 0.2) is 23.1 Å². The van der Waals surface area contributed by atoms with E-state index >= 15 is 0 Å². The number of methoxy groups -OCH3 is 1. The van der Waals surface area contributed by atoms with Gasteiger partial charge in [0, 0.05) is 55.0 Å². The molecule has 2 aliphatic carbocycles. The number of aryl methyl sites for hydroxylation is 2. The molecule has 7 heteroatoms. The summed E-state index contributed by atoms with van der Waals surface area (Å²) in [4.78, 5) is 29.3. The first-order valence-electron chi connectivity index (χ1n) is 14.3. The van der Waals surface area contributed by atoms with E-state index in [9.17, 15) is 9.59 Å². The van der Waals surface area contributed by atoms with Gasteiger partial charge in [0.25, 0.3) is 0 Å². The summed E-state index contributed by atoms with van der Waals surface area (Å²) in [6, 6.07) is 10.1. The second kappa shape index (κ2) is 12.2. The molecule has 0 radical (unpaired) electrons. The molecule has 5 rings (SSSR count). The van der Waals surface area contributed by atoms with Crippen LogP contribution in [-0.2, 0) is 20.9 Å². The van der Waals surface area contributed by atoms with Crippen molar-refractivity contribution in [1.29, 1.82) is 0 Å². The smallest absolute Gasteiger partial charge is 0.180 e. The lowest BCUT2D eigenvalue weighted by Gasteiger charge is -2.44. The zero-order valence-corrected chi connectivity index (χ0v) is 24.7. The molecule has 0 spiro atoms. The Kier molecular flexibility index (Phi) is 8.67. The molecule has 40 heavy (non-hydrogen) atoms. The van der Waals surface area contributed by atoms with Gasteiger partial charge in [-0.05, 0) is 69.7 Å². The van der Waals surface area contributed by atoms with E-state index in [0.29, 0.717) is 55.7 Å². The van der Waals surface area contributed by atoms with Crippen molar-refractivity contribution >= 4 is 23.2 Å². The molecule has 0 fully saturated rings. The number of ether oxygens (including phenoxy) is 3. The minimum atomic E-state index is -0.463. The predicted octanol–water partition coefficient (Wildman–Crippen LogP) is 6.99. The first-order chi connectivity index (χ1) is 19.3. The molecule has 6 nitrogen and oxygen atoms in total. The molecular weight excluding hydrogens is 526 g/mol. The molecule has 1 heterocycles. The SMILES string of the molecule is CCOc1cc(C2C3=C(CCCC3=O)N(CCOC)C3=C2C(=O)CCC3)cc(Cl)c1OCc1cc(C)cc(C)c1. The van der Waals surface area contributed by atoms with Crippen LogP contribution < -0.4 is 9.47 Å². The zero-order chi connectivity index (χ0) is 28.4. The van der Waals surface area contributed by atoms with Crippen molar-refractivity contribution in [3.05, 3.63) is 80.1 Å². The van der Waals surface area contributed by atoms with Crippen LogP contribution in [0.25, 0.3) is 0 Å². The number of halogens is 1. The van der Waals surface area contributed by atoms with Crippen LogP contribution in [0.1, 0.15) is 73.6 Å². The number of carbonyl (C=O) groups excluding carboxylic acids is 2. The number of hydrogen-bond acceptors (Lipinski definition) is 6. The minimum Gasteiger partial charge on any atom is -0.490 e. The summed E-state index contributed by atoms with van der Waals surface area (Å²) in [5.74, 6) is 0.726. The van der Waals surface area contributed by atoms with Crippen LogP contribution in [0.3, 0.4) is 0 Å². The zero-order valence-electron chi connectivity index (χ0n) is 23.9. The van der Waals surface area contributed by atoms with Gasteiger partial charge < -0.3 is 19.1 Å². The summed E-state index contributed by atoms with van der Waals surface area (Å²) in [5, 5.41) is 0.406. The lowest BCUT2D eigenvalue weighted by molar-refractivity contribution is -0.117.